The highest BCUT2D eigenvalue weighted by Crippen LogP contribution is 2.28. The Balaban J connectivity index is 1.54. The van der Waals surface area contributed by atoms with E-state index in [1.807, 2.05) is 0 Å². The van der Waals surface area contributed by atoms with Crippen molar-refractivity contribution in [2.45, 2.75) is 57.6 Å². The van der Waals surface area contributed by atoms with Crippen LogP contribution in [0.15, 0.2) is 24.3 Å². The molecule has 2 aliphatic rings. The number of ether oxygens (including phenoxy) is 2. The Kier molecular flexibility index (Phi) is 6.50. The van der Waals surface area contributed by atoms with E-state index in [1.54, 1.807) is 31.2 Å². The van der Waals surface area contributed by atoms with Crippen LogP contribution >= 0.6 is 0 Å². The molecule has 1 aromatic rings. The minimum Gasteiger partial charge on any atom is -0.462 e. The maximum atomic E-state index is 12.3. The van der Waals surface area contributed by atoms with Crippen molar-refractivity contribution in [1.29, 1.82) is 0 Å². The van der Waals surface area contributed by atoms with Crippen LogP contribution in [0.4, 0.5) is 10.5 Å². The molecule has 1 N–H and O–H groups in total. The zero-order chi connectivity index (χ0) is 18.4. The minimum absolute atomic E-state index is 0.0411. The number of carbonyl (C=O) groups is 2. The van der Waals surface area contributed by atoms with Crippen LogP contribution in [0.2, 0.25) is 0 Å². The van der Waals surface area contributed by atoms with Crippen molar-refractivity contribution in [2.75, 3.05) is 25.0 Å². The van der Waals surface area contributed by atoms with Crippen LogP contribution in [0, 0.1) is 0 Å². The molecule has 1 saturated carbocycles. The van der Waals surface area contributed by atoms with Crippen LogP contribution < -0.4 is 5.32 Å². The van der Waals surface area contributed by atoms with Crippen molar-refractivity contribution < 1.29 is 19.1 Å². The van der Waals surface area contributed by atoms with Gasteiger partial charge in [0.25, 0.3) is 0 Å². The molecule has 1 heterocycles. The Hall–Kier alpha value is -2.08. The molecule has 1 unspecified atom stereocenters. The number of likely N-dealkylation sites (tertiary alicyclic amines) is 1. The third kappa shape index (κ3) is 4.75. The van der Waals surface area contributed by atoms with Gasteiger partial charge in [-0.3, -0.25) is 10.2 Å². The zero-order valence-electron chi connectivity index (χ0n) is 15.4. The summed E-state index contributed by atoms with van der Waals surface area (Å²) < 4.78 is 10.7. The largest absolute Gasteiger partial charge is 0.462 e. The molecule has 2 atom stereocenters. The Morgan fingerprint density at radius 1 is 1.08 bits per heavy atom. The van der Waals surface area contributed by atoms with Crippen LogP contribution in [0.1, 0.15) is 55.8 Å². The van der Waals surface area contributed by atoms with E-state index in [1.165, 1.54) is 19.3 Å². The maximum Gasteiger partial charge on any atom is 0.411 e. The summed E-state index contributed by atoms with van der Waals surface area (Å²) in [5.41, 5.74) is 1.07. The van der Waals surface area contributed by atoms with E-state index in [2.05, 4.69) is 10.2 Å². The molecule has 26 heavy (non-hydrogen) atoms. The molecule has 1 amide bonds. The molecule has 6 heteroatoms. The molecule has 1 aromatic carbocycles. The van der Waals surface area contributed by atoms with Crippen LogP contribution in [0.25, 0.3) is 0 Å². The number of hydrogen-bond donors (Lipinski definition) is 1. The van der Waals surface area contributed by atoms with Gasteiger partial charge in [0, 0.05) is 11.7 Å². The molecule has 1 aliphatic heterocycles. The van der Waals surface area contributed by atoms with Crippen molar-refractivity contribution in [3.63, 3.8) is 0 Å². The lowest BCUT2D eigenvalue weighted by Crippen LogP contribution is -2.46. The first-order chi connectivity index (χ1) is 12.7. The molecular weight excluding hydrogens is 332 g/mol. The number of anilines is 1. The van der Waals surface area contributed by atoms with Crippen molar-refractivity contribution in [2.24, 2.45) is 0 Å². The summed E-state index contributed by atoms with van der Waals surface area (Å²) in [5.74, 6) is -0.364. The molecular formula is C20H28N2O4. The van der Waals surface area contributed by atoms with E-state index >= 15 is 0 Å². The lowest BCUT2D eigenvalue weighted by molar-refractivity contribution is 0.0176. The lowest BCUT2D eigenvalue weighted by Gasteiger charge is -2.37. The van der Waals surface area contributed by atoms with Crippen molar-refractivity contribution in [3.05, 3.63) is 29.8 Å². The highest BCUT2D eigenvalue weighted by molar-refractivity contribution is 5.91. The van der Waals surface area contributed by atoms with Gasteiger partial charge in [0.2, 0.25) is 0 Å². The summed E-state index contributed by atoms with van der Waals surface area (Å²) >= 11 is 0. The highest BCUT2D eigenvalue weighted by Gasteiger charge is 2.34. The number of amides is 1. The fraction of sp³-hybridized carbons (Fsp3) is 0.600. The number of nitrogens with one attached hydrogen (secondary N) is 1. The van der Waals surface area contributed by atoms with Gasteiger partial charge in [0.05, 0.1) is 12.2 Å². The van der Waals surface area contributed by atoms with E-state index < -0.39 is 6.09 Å². The van der Waals surface area contributed by atoms with Gasteiger partial charge in [-0.05, 0) is 76.4 Å². The van der Waals surface area contributed by atoms with Crippen molar-refractivity contribution in [1.82, 2.24) is 4.90 Å². The molecule has 0 spiro atoms. The average Bonchev–Trinajstić information content (AvgIpc) is 3.17. The Morgan fingerprint density at radius 3 is 2.46 bits per heavy atom. The van der Waals surface area contributed by atoms with Gasteiger partial charge in [0.1, 0.15) is 6.10 Å². The molecule has 1 aliphatic carbocycles. The second-order valence-electron chi connectivity index (χ2n) is 6.96. The average molecular weight is 360 g/mol. The molecule has 0 bridgehead atoms. The standard InChI is InChI=1S/C20H28N2O4/c1-2-25-19(23)15-9-11-16(12-10-15)21-20(24)26-18-8-4-3-7-17(18)22-13-5-6-14-22/h9-12,17-18H,2-8,13-14H2,1H3,(H,21,24)/t17-,18?/m0/s1. The SMILES string of the molecule is CCOC(=O)c1ccc(NC(=O)OC2CCCC[C@@H]2N2CCCC2)cc1. The van der Waals surface area contributed by atoms with Crippen LogP contribution in [0.3, 0.4) is 0 Å². The third-order valence-corrected chi connectivity index (χ3v) is 5.18. The molecule has 6 nitrogen and oxygen atoms in total. The monoisotopic (exact) mass is 360 g/mol. The van der Waals surface area contributed by atoms with E-state index in [0.29, 0.717) is 23.9 Å². The van der Waals surface area contributed by atoms with Gasteiger partial charge in [0.15, 0.2) is 0 Å². The van der Waals surface area contributed by atoms with Gasteiger partial charge in [-0.2, -0.15) is 0 Å². The highest BCUT2D eigenvalue weighted by atomic mass is 16.6. The molecule has 2 fully saturated rings. The van der Waals surface area contributed by atoms with Crippen LogP contribution in [0.5, 0.6) is 0 Å². The summed E-state index contributed by atoms with van der Waals surface area (Å²) in [7, 11) is 0. The number of nitrogens with zero attached hydrogens (tertiary/aromatic N) is 1. The predicted octanol–water partition coefficient (Wildman–Crippen LogP) is 3.82. The van der Waals surface area contributed by atoms with Gasteiger partial charge in [-0.15, -0.1) is 0 Å². The fourth-order valence-electron chi connectivity index (χ4n) is 3.89. The first-order valence-electron chi connectivity index (χ1n) is 9.66. The molecule has 1 saturated heterocycles. The molecule has 3 rings (SSSR count). The normalized spacial score (nSPS) is 23.4. The Bertz CT molecular complexity index is 611. The number of esters is 1. The number of hydrogen-bond acceptors (Lipinski definition) is 5. The van der Waals surface area contributed by atoms with Crippen LogP contribution in [-0.4, -0.2) is 48.8 Å². The number of carbonyl (C=O) groups excluding carboxylic acids is 2. The van der Waals surface area contributed by atoms with Crippen LogP contribution in [-0.2, 0) is 9.47 Å². The Labute approximate surface area is 154 Å². The lowest BCUT2D eigenvalue weighted by atomic mass is 9.91. The summed E-state index contributed by atoms with van der Waals surface area (Å²) in [6, 6.07) is 7.00. The molecule has 0 radical (unpaired) electrons. The van der Waals surface area contributed by atoms with Crippen molar-refractivity contribution in [3.8, 4) is 0 Å². The number of rotatable bonds is 5. The van der Waals surface area contributed by atoms with E-state index in [0.717, 1.165) is 32.4 Å². The van der Waals surface area contributed by atoms with Gasteiger partial charge in [-0.1, -0.05) is 6.42 Å². The van der Waals surface area contributed by atoms with Crippen molar-refractivity contribution >= 4 is 17.7 Å². The summed E-state index contributed by atoms with van der Waals surface area (Å²) in [6.45, 7) is 4.33. The van der Waals surface area contributed by atoms with E-state index in [4.69, 9.17) is 9.47 Å². The van der Waals surface area contributed by atoms with E-state index in [-0.39, 0.29) is 12.1 Å². The minimum atomic E-state index is -0.426. The second-order valence-corrected chi connectivity index (χ2v) is 6.96. The maximum absolute atomic E-state index is 12.3. The first-order valence-corrected chi connectivity index (χ1v) is 9.66. The van der Waals surface area contributed by atoms with Gasteiger partial charge < -0.3 is 9.47 Å². The summed E-state index contributed by atoms with van der Waals surface area (Å²) in [4.78, 5) is 26.5. The topological polar surface area (TPSA) is 67.9 Å². The Morgan fingerprint density at radius 2 is 1.77 bits per heavy atom. The molecule has 142 valence electrons. The van der Waals surface area contributed by atoms with E-state index in [9.17, 15) is 9.59 Å². The van der Waals surface area contributed by atoms with Gasteiger partial charge >= 0.3 is 12.1 Å². The zero-order valence-corrected chi connectivity index (χ0v) is 15.4. The summed E-state index contributed by atoms with van der Waals surface area (Å²) in [5, 5.41) is 2.77. The van der Waals surface area contributed by atoms with Gasteiger partial charge in [-0.25, -0.2) is 9.59 Å². The second kappa shape index (κ2) is 9.03. The smallest absolute Gasteiger partial charge is 0.411 e. The summed E-state index contributed by atoms with van der Waals surface area (Å²) in [6.07, 6.45) is 6.35. The number of benzene rings is 1. The third-order valence-electron chi connectivity index (χ3n) is 5.18. The quantitative estimate of drug-likeness (QED) is 0.809. The predicted molar refractivity (Wildman–Crippen MR) is 99.4 cm³/mol. The fourth-order valence-corrected chi connectivity index (χ4v) is 3.89. The first kappa shape index (κ1) is 18.7. The molecule has 0 aromatic heterocycles.